The van der Waals surface area contributed by atoms with E-state index in [9.17, 15) is 5.11 Å². The highest BCUT2D eigenvalue weighted by Crippen LogP contribution is 2.29. The Hall–Kier alpha value is -1.84. The van der Waals surface area contributed by atoms with Crippen LogP contribution in [0.5, 0.6) is 0 Å². The Morgan fingerprint density at radius 1 is 0.760 bits per heavy atom. The minimum absolute atomic E-state index is 0.491. The van der Waals surface area contributed by atoms with Crippen LogP contribution in [-0.2, 0) is 12.1 Å². The molecule has 0 saturated heterocycles. The lowest BCUT2D eigenvalue weighted by molar-refractivity contribution is -0.682. The Balaban J connectivity index is 1.83. The Kier molecular flexibility index (Phi) is 5.77. The topological polar surface area (TPSA) is 36.8 Å². The highest BCUT2D eigenvalue weighted by molar-refractivity contribution is 6.30. The highest BCUT2D eigenvalue weighted by atomic mass is 35.5. The van der Waals surface area contributed by atoms with E-state index in [1.165, 1.54) is 0 Å². The predicted molar refractivity (Wildman–Crippen MR) is 103 cm³/mol. The van der Waals surface area contributed by atoms with Crippen LogP contribution in [0.1, 0.15) is 16.7 Å². The number of hydrogen-bond donors (Lipinski definition) is 2. The molecule has 1 atom stereocenters. The summed E-state index contributed by atoms with van der Waals surface area (Å²) in [6, 6.07) is 24.9. The lowest BCUT2D eigenvalue weighted by Crippen LogP contribution is -2.86. The molecule has 0 fully saturated rings. The van der Waals surface area contributed by atoms with Crippen molar-refractivity contribution in [2.45, 2.75) is 12.1 Å². The molecule has 0 bridgehead atoms. The Morgan fingerprint density at radius 2 is 1.44 bits per heavy atom. The fourth-order valence-electron chi connectivity index (χ4n) is 2.95. The van der Waals surface area contributed by atoms with Gasteiger partial charge in [0.2, 0.25) is 0 Å². The molecular weight excluding hydrogens is 353 g/mol. The van der Waals surface area contributed by atoms with E-state index in [0.29, 0.717) is 11.6 Å². The molecule has 2 nitrogen and oxygen atoms in total. The van der Waals surface area contributed by atoms with Crippen molar-refractivity contribution in [3.63, 3.8) is 0 Å². The van der Waals surface area contributed by atoms with Crippen molar-refractivity contribution >= 4 is 23.2 Å². The van der Waals surface area contributed by atoms with Gasteiger partial charge in [-0.2, -0.15) is 0 Å². The molecule has 0 spiro atoms. The number of nitrogens with two attached hydrogens (primary N) is 1. The van der Waals surface area contributed by atoms with Gasteiger partial charge in [0.1, 0.15) is 13.1 Å². The van der Waals surface area contributed by atoms with Crippen LogP contribution >= 0.6 is 23.2 Å². The first kappa shape index (κ1) is 18.0. The van der Waals surface area contributed by atoms with Gasteiger partial charge >= 0.3 is 0 Å². The molecule has 0 saturated carbocycles. The zero-order valence-electron chi connectivity index (χ0n) is 13.7. The van der Waals surface area contributed by atoms with Gasteiger partial charge in [0.15, 0.2) is 5.60 Å². The lowest BCUT2D eigenvalue weighted by atomic mass is 9.86. The van der Waals surface area contributed by atoms with Crippen LogP contribution in [0.3, 0.4) is 0 Å². The number of quaternary nitrogens is 1. The normalized spacial score (nSPS) is 13.4. The van der Waals surface area contributed by atoms with Crippen LogP contribution in [0.15, 0.2) is 78.9 Å². The lowest BCUT2D eigenvalue weighted by Gasteiger charge is -2.28. The average Bonchev–Trinajstić information content (AvgIpc) is 2.63. The number of halogens is 2. The second-order valence-electron chi connectivity index (χ2n) is 6.06. The third-order valence-corrected chi connectivity index (χ3v) is 4.77. The number of aliphatic hydroxyl groups is 1. The first-order chi connectivity index (χ1) is 12.1. The second-order valence-corrected chi connectivity index (χ2v) is 6.93. The number of rotatable bonds is 6. The van der Waals surface area contributed by atoms with Crippen molar-refractivity contribution in [3.8, 4) is 0 Å². The quantitative estimate of drug-likeness (QED) is 0.674. The number of hydrogen-bond acceptors (Lipinski definition) is 1. The summed E-state index contributed by atoms with van der Waals surface area (Å²) in [4.78, 5) is 0. The molecule has 25 heavy (non-hydrogen) atoms. The van der Waals surface area contributed by atoms with Crippen LogP contribution < -0.4 is 5.32 Å². The zero-order chi connectivity index (χ0) is 17.7. The smallest absolute Gasteiger partial charge is 0.163 e. The molecule has 3 N–H and O–H groups in total. The Bertz CT molecular complexity index is 821. The van der Waals surface area contributed by atoms with Gasteiger partial charge in [0.25, 0.3) is 0 Å². The second kappa shape index (κ2) is 8.03. The summed E-state index contributed by atoms with van der Waals surface area (Å²) >= 11 is 12.0. The molecule has 3 aromatic carbocycles. The van der Waals surface area contributed by atoms with E-state index in [4.69, 9.17) is 23.2 Å². The summed E-state index contributed by atoms with van der Waals surface area (Å²) in [6.45, 7) is 1.23. The van der Waals surface area contributed by atoms with Crippen LogP contribution in [0.25, 0.3) is 0 Å². The summed E-state index contributed by atoms with van der Waals surface area (Å²) in [6.07, 6.45) is 0. The summed E-state index contributed by atoms with van der Waals surface area (Å²) in [7, 11) is 0. The SMILES string of the molecule is O[C@](C[NH2+]Cc1cccc(Cl)c1)(c1ccccc1)c1ccc(Cl)cc1. The van der Waals surface area contributed by atoms with E-state index in [1.54, 1.807) is 0 Å². The molecule has 0 aliphatic carbocycles. The maximum absolute atomic E-state index is 11.5. The maximum Gasteiger partial charge on any atom is 0.163 e. The monoisotopic (exact) mass is 372 g/mol. The minimum Gasteiger partial charge on any atom is -0.375 e. The fraction of sp³-hybridized carbons (Fsp3) is 0.143. The van der Waals surface area contributed by atoms with Gasteiger partial charge in [-0.05, 0) is 35.4 Å². The summed E-state index contributed by atoms with van der Waals surface area (Å²) < 4.78 is 0. The van der Waals surface area contributed by atoms with Crippen molar-refractivity contribution in [1.29, 1.82) is 0 Å². The minimum atomic E-state index is -1.09. The molecule has 3 aromatic rings. The van der Waals surface area contributed by atoms with Gasteiger partial charge in [0.05, 0.1) is 0 Å². The van der Waals surface area contributed by atoms with Gasteiger partial charge in [-0.15, -0.1) is 0 Å². The van der Waals surface area contributed by atoms with Crippen molar-refractivity contribution < 1.29 is 10.4 Å². The molecule has 0 aliphatic rings. The third kappa shape index (κ3) is 4.42. The van der Waals surface area contributed by atoms with Gasteiger partial charge < -0.3 is 10.4 Å². The van der Waals surface area contributed by atoms with E-state index in [1.807, 2.05) is 78.9 Å². The summed E-state index contributed by atoms with van der Waals surface area (Å²) in [5.41, 5.74) is 1.72. The summed E-state index contributed by atoms with van der Waals surface area (Å²) in [5, 5.41) is 14.9. The molecule has 0 radical (unpaired) electrons. The van der Waals surface area contributed by atoms with Gasteiger partial charge in [-0.3, -0.25) is 0 Å². The zero-order valence-corrected chi connectivity index (χ0v) is 15.2. The number of benzene rings is 3. The largest absolute Gasteiger partial charge is 0.375 e. The molecular formula is C21H20Cl2NO+. The molecule has 3 rings (SSSR count). The maximum atomic E-state index is 11.5. The Labute approximate surface area is 158 Å². The molecule has 4 heteroatoms. The standard InChI is InChI=1S/C21H19Cl2NO/c22-19-11-9-18(10-12-19)21(25,17-6-2-1-3-7-17)15-24-14-16-5-4-8-20(23)13-16/h1-13,24-25H,14-15H2/p+1/t21-/m1/s1. The summed E-state index contributed by atoms with van der Waals surface area (Å²) in [5.74, 6) is 0. The molecule has 0 amide bonds. The van der Waals surface area contributed by atoms with E-state index >= 15 is 0 Å². The first-order valence-corrected chi connectivity index (χ1v) is 8.93. The van der Waals surface area contributed by atoms with Gasteiger partial charge in [-0.25, -0.2) is 0 Å². The van der Waals surface area contributed by atoms with Crippen molar-refractivity contribution in [2.24, 2.45) is 0 Å². The van der Waals surface area contributed by atoms with E-state index < -0.39 is 5.60 Å². The first-order valence-electron chi connectivity index (χ1n) is 8.18. The van der Waals surface area contributed by atoms with E-state index in [0.717, 1.165) is 28.3 Å². The Morgan fingerprint density at radius 3 is 2.12 bits per heavy atom. The van der Waals surface area contributed by atoms with Crippen LogP contribution in [0.2, 0.25) is 10.0 Å². The highest BCUT2D eigenvalue weighted by Gasteiger charge is 2.33. The van der Waals surface area contributed by atoms with Crippen LogP contribution in [-0.4, -0.2) is 11.7 Å². The van der Waals surface area contributed by atoms with Crippen molar-refractivity contribution in [3.05, 3.63) is 106 Å². The predicted octanol–water partition coefficient (Wildman–Crippen LogP) is 3.99. The third-order valence-electron chi connectivity index (χ3n) is 4.28. The van der Waals surface area contributed by atoms with Gasteiger partial charge in [0, 0.05) is 15.6 Å². The van der Waals surface area contributed by atoms with E-state index in [-0.39, 0.29) is 0 Å². The average molecular weight is 373 g/mol. The van der Waals surface area contributed by atoms with Gasteiger partial charge in [-0.1, -0.05) is 77.8 Å². The molecule has 128 valence electrons. The van der Waals surface area contributed by atoms with E-state index in [2.05, 4.69) is 5.32 Å². The molecule has 0 heterocycles. The van der Waals surface area contributed by atoms with Crippen LogP contribution in [0, 0.1) is 0 Å². The molecule has 0 unspecified atom stereocenters. The fourth-order valence-corrected chi connectivity index (χ4v) is 3.29. The van der Waals surface area contributed by atoms with Crippen LogP contribution in [0.4, 0.5) is 0 Å². The van der Waals surface area contributed by atoms with Crippen molar-refractivity contribution in [1.82, 2.24) is 0 Å². The molecule has 0 aliphatic heterocycles. The van der Waals surface area contributed by atoms with Crippen molar-refractivity contribution in [2.75, 3.05) is 6.54 Å². The molecule has 0 aromatic heterocycles.